The third kappa shape index (κ3) is 34.0. The molecule has 0 radical (unpaired) electrons. The number of methoxy groups -OCH3 is 6. The minimum absolute atomic E-state index is 0.0152. The van der Waals surface area contributed by atoms with Gasteiger partial charge in [0.1, 0.15) is 5.69 Å². The number of benzene rings is 6. The third-order valence-electron chi connectivity index (χ3n) is 19.4. The number of amides is 2. The molecule has 1 aliphatic rings. The normalized spacial score (nSPS) is 13.3. The number of anilines is 1. The lowest BCUT2D eigenvalue weighted by atomic mass is 9.93. The van der Waals surface area contributed by atoms with Crippen molar-refractivity contribution in [3.63, 3.8) is 0 Å². The van der Waals surface area contributed by atoms with Crippen molar-refractivity contribution in [2.45, 2.75) is 277 Å². The Balaban J connectivity index is 0.000000546. The number of nitro benzene ring substituents is 5. The molecule has 1 fully saturated rings. The van der Waals surface area contributed by atoms with Crippen LogP contribution in [0.2, 0.25) is 0 Å². The van der Waals surface area contributed by atoms with E-state index in [0.29, 0.717) is 83.5 Å². The summed E-state index contributed by atoms with van der Waals surface area (Å²) < 4.78 is 58.4. The fourth-order valence-electron chi connectivity index (χ4n) is 13.6. The highest BCUT2D eigenvalue weighted by Gasteiger charge is 2.40. The van der Waals surface area contributed by atoms with Crippen LogP contribution in [0.4, 0.5) is 38.9 Å². The highest BCUT2D eigenvalue weighted by Crippen LogP contribution is 2.44. The van der Waals surface area contributed by atoms with Crippen molar-refractivity contribution in [3.05, 3.63) is 217 Å². The number of carbonyl (C=O) groups is 6. The van der Waals surface area contributed by atoms with Gasteiger partial charge in [0.25, 0.3) is 22.7 Å². The molecular formula is C93H127N7O29. The van der Waals surface area contributed by atoms with Crippen LogP contribution in [0.25, 0.3) is 12.2 Å². The highest BCUT2D eigenvalue weighted by molar-refractivity contribution is 5.94. The van der Waals surface area contributed by atoms with Gasteiger partial charge in [0.2, 0.25) is 0 Å². The fraction of sp³-hybridized carbons (Fsp3) is 0.516. The van der Waals surface area contributed by atoms with Crippen molar-refractivity contribution >= 4 is 88.3 Å². The molecule has 0 heterocycles. The zero-order chi connectivity index (χ0) is 99.4. The van der Waals surface area contributed by atoms with Gasteiger partial charge in [0, 0.05) is 73.3 Å². The van der Waals surface area contributed by atoms with Crippen LogP contribution in [0.5, 0.6) is 5.75 Å². The Labute approximate surface area is 753 Å². The average molecular weight is 1810 g/mol. The summed E-state index contributed by atoms with van der Waals surface area (Å²) in [5.74, 6) is -2.83. The van der Waals surface area contributed by atoms with E-state index in [1.54, 1.807) is 154 Å². The molecule has 0 aromatic heterocycles. The van der Waals surface area contributed by atoms with Gasteiger partial charge in [0.05, 0.1) is 101 Å². The van der Waals surface area contributed by atoms with E-state index in [0.717, 1.165) is 43.2 Å². The Kier molecular flexibility index (Phi) is 43.1. The van der Waals surface area contributed by atoms with Crippen LogP contribution in [-0.2, 0) is 80.9 Å². The second-order valence-electron chi connectivity index (χ2n) is 35.2. The van der Waals surface area contributed by atoms with Crippen molar-refractivity contribution < 1.29 is 115 Å². The second-order valence-corrected chi connectivity index (χ2v) is 35.2. The predicted molar refractivity (Wildman–Crippen MR) is 482 cm³/mol. The van der Waals surface area contributed by atoms with Crippen molar-refractivity contribution in [1.29, 1.82) is 0 Å². The number of esters is 5. The minimum Gasteiger partial charge on any atom is -0.490 e. The van der Waals surface area contributed by atoms with Gasteiger partial charge in [-0.15, -0.1) is 0 Å². The molecule has 6 aromatic carbocycles. The molecule has 129 heavy (non-hydrogen) atoms. The molecule has 5 atom stereocenters. The number of hydrogen-bond acceptors (Lipinski definition) is 29. The zero-order valence-corrected chi connectivity index (χ0v) is 80.1. The lowest BCUT2D eigenvalue weighted by Crippen LogP contribution is -2.39. The molecule has 36 heteroatoms. The topological polar surface area (TPSA) is 478 Å². The Hall–Kier alpha value is -12.3. The average Bonchev–Trinajstić information content (AvgIpc) is 0.783. The van der Waals surface area contributed by atoms with E-state index in [1.165, 1.54) is 48.7 Å². The van der Waals surface area contributed by atoms with E-state index >= 15 is 0 Å². The Morgan fingerprint density at radius 2 is 0.705 bits per heavy atom. The Bertz CT molecular complexity index is 5070. The third-order valence-corrected chi connectivity index (χ3v) is 19.4. The van der Waals surface area contributed by atoms with Crippen LogP contribution < -0.4 is 15.4 Å². The molecule has 1 aliphatic carbocycles. The van der Waals surface area contributed by atoms with Crippen LogP contribution >= 0.6 is 0 Å². The van der Waals surface area contributed by atoms with Gasteiger partial charge >= 0.3 is 47.7 Å². The standard InChI is InChI=1S/C23H27NO5.C22H33N3O6.C16H23NO6.C16H23NO5.C15H21NO5.CO2/c1-15-14-19(21(22(25)28-6)29-23(3,4)5)16(2)20(24(26)27)18(15)13-12-17-10-8-7-9-11-17;1-13-12-16(19(20(26)30-6)31-22(3,4)5)14(2)18(25(28)29)17(13)24-21(27)23-15-10-8-7-9-11-15;1-9-8-11(10(2)12(17(19)20)13(9)21-6)14(15(18)22-7)23-16(3,4)5;1-9-8-12(11(3)13(10(9)2)17(19)20)14(15(18)21-7)22-16(4,5)6;1-9-7-11(10(2)12(8-9)16(18)19)13(14(17)20-6)21-15(3,4)5;2-1-3/h7-14,21H,1-6H3;12,15,19H,7-11H2,1-6H3,(H2,23,24,27);8,14H,1-7H3;8,14H,1-7H3;7-8,13H,1-6H3;/b13-12+;;;;;. The molecule has 5 unspecified atom stereocenters. The number of ether oxygens (including phenoxy) is 11. The first-order valence-electron chi connectivity index (χ1n) is 41.0. The summed E-state index contributed by atoms with van der Waals surface area (Å²) in [6, 6.07) is 19.2. The Morgan fingerprint density at radius 1 is 0.388 bits per heavy atom. The van der Waals surface area contributed by atoms with Crippen molar-refractivity contribution in [2.75, 3.05) is 48.0 Å². The summed E-state index contributed by atoms with van der Waals surface area (Å²) in [6.07, 6.45) is 3.66. The van der Waals surface area contributed by atoms with Gasteiger partial charge in [-0.1, -0.05) is 79.9 Å². The molecule has 36 nitrogen and oxygen atoms in total. The molecule has 1 saturated carbocycles. The number of aryl methyl sites for hydroxylation is 5. The molecule has 6 aromatic rings. The van der Waals surface area contributed by atoms with Gasteiger partial charge < -0.3 is 62.7 Å². The molecule has 0 aliphatic heterocycles. The predicted octanol–water partition coefficient (Wildman–Crippen LogP) is 19.6. The number of rotatable bonds is 25. The first-order chi connectivity index (χ1) is 59.5. The Morgan fingerprint density at radius 3 is 1.04 bits per heavy atom. The van der Waals surface area contributed by atoms with E-state index in [-0.39, 0.29) is 57.6 Å². The number of hydrogen-bond donors (Lipinski definition) is 2. The maximum absolute atomic E-state index is 12.5. The number of nitrogens with one attached hydrogen (secondary N) is 2. The first-order valence-corrected chi connectivity index (χ1v) is 41.0. The monoisotopic (exact) mass is 1810 g/mol. The summed E-state index contributed by atoms with van der Waals surface area (Å²) in [7, 11) is 7.67. The molecule has 2 amide bonds. The van der Waals surface area contributed by atoms with Crippen LogP contribution in [-0.4, -0.2) is 143 Å². The molecule has 0 spiro atoms. The molecule has 0 bridgehead atoms. The van der Waals surface area contributed by atoms with Gasteiger partial charge in [-0.25, -0.2) is 28.8 Å². The molecule has 2 N–H and O–H groups in total. The molecule has 7 rings (SSSR count). The maximum atomic E-state index is 12.5. The van der Waals surface area contributed by atoms with Gasteiger partial charge in [-0.05, 0) is 238 Å². The van der Waals surface area contributed by atoms with Crippen LogP contribution in [0.3, 0.4) is 0 Å². The van der Waals surface area contributed by atoms with Gasteiger partial charge in [-0.2, -0.15) is 9.59 Å². The number of carbonyl (C=O) groups excluding carboxylic acids is 8. The number of nitro groups is 5. The summed E-state index contributed by atoms with van der Waals surface area (Å²) in [5, 5.41) is 63.3. The quantitative estimate of drug-likeness (QED) is 0.0177. The van der Waals surface area contributed by atoms with Crippen LogP contribution in [0.1, 0.15) is 267 Å². The largest absolute Gasteiger partial charge is 0.490 e. The van der Waals surface area contributed by atoms with Crippen molar-refractivity contribution in [2.24, 2.45) is 0 Å². The SMILES string of the molecule is COC(=O)C(OC(C)(C)C)c1cc(C)c(/C=C/c2ccccc2)c([N+](=O)[O-])c1C.COC(=O)C(OC(C)(C)C)c1cc(C)c(C)c([N+](=O)[O-])c1C.COC(=O)C(OC(C)(C)C)c1cc(C)c(NC(=O)NC2CCCCC2)c([N+](=O)[O-])c1C.COC(=O)C(OC(C)(C)C)c1cc(C)c(OC)c([N+](=O)[O-])c1C.COC(=O)C(OC(C)(C)C)c1cc(C)cc([N+](=O)[O-])c1C.O=C=O. The first kappa shape index (κ1) is 113. The fourth-order valence-corrected chi connectivity index (χ4v) is 13.6. The number of urea groups is 1. The van der Waals surface area contributed by atoms with Crippen LogP contribution in [0.15, 0.2) is 66.7 Å². The molecular weight excluding hydrogens is 1680 g/mol. The smallest absolute Gasteiger partial charge is 0.373 e. The van der Waals surface area contributed by atoms with E-state index in [9.17, 15) is 79.3 Å². The van der Waals surface area contributed by atoms with E-state index in [2.05, 4.69) is 10.6 Å². The maximum Gasteiger partial charge on any atom is 0.373 e. The summed E-state index contributed by atoms with van der Waals surface area (Å²) in [4.78, 5) is 145. The summed E-state index contributed by atoms with van der Waals surface area (Å²) in [6.45, 7) is 45.3. The summed E-state index contributed by atoms with van der Waals surface area (Å²) >= 11 is 0. The molecule has 708 valence electrons. The van der Waals surface area contributed by atoms with E-state index in [4.69, 9.17) is 61.7 Å². The van der Waals surface area contributed by atoms with Gasteiger partial charge in [0.15, 0.2) is 36.3 Å². The van der Waals surface area contributed by atoms with Gasteiger partial charge in [-0.3, -0.25) is 50.6 Å². The lowest BCUT2D eigenvalue weighted by Gasteiger charge is -2.28. The number of nitrogens with zero attached hydrogens (tertiary/aromatic N) is 5. The van der Waals surface area contributed by atoms with Crippen molar-refractivity contribution in [1.82, 2.24) is 5.32 Å². The summed E-state index contributed by atoms with van der Waals surface area (Å²) in [5.41, 5.74) is 5.47. The lowest BCUT2D eigenvalue weighted by molar-refractivity contribution is -0.386. The molecule has 0 saturated heterocycles. The highest BCUT2D eigenvalue weighted by atomic mass is 16.7. The second kappa shape index (κ2) is 49.3. The van der Waals surface area contributed by atoms with Crippen molar-refractivity contribution in [3.8, 4) is 5.75 Å². The van der Waals surface area contributed by atoms with Crippen LogP contribution in [0, 0.1) is 127 Å². The minimum atomic E-state index is -1.13. The van der Waals surface area contributed by atoms with E-state index in [1.807, 2.05) is 98.7 Å². The zero-order valence-electron chi connectivity index (χ0n) is 80.1. The van der Waals surface area contributed by atoms with E-state index < -0.39 is 119 Å².